The first-order valence-corrected chi connectivity index (χ1v) is 8.61. The zero-order valence-electron chi connectivity index (χ0n) is 12.8. The molecule has 1 heterocycles. The van der Waals surface area contributed by atoms with Crippen LogP contribution in [0.25, 0.3) is 10.8 Å². The van der Waals surface area contributed by atoms with Crippen LogP contribution in [0.15, 0.2) is 47.4 Å². The van der Waals surface area contributed by atoms with Crippen LogP contribution in [0, 0.1) is 0 Å². The van der Waals surface area contributed by atoms with Crippen molar-refractivity contribution in [3.8, 4) is 0 Å². The maximum atomic E-state index is 12.9. The molecular formula is C15H17N5O2S. The van der Waals surface area contributed by atoms with E-state index < -0.39 is 10.0 Å². The Morgan fingerprint density at radius 1 is 1.17 bits per heavy atom. The molecule has 0 saturated heterocycles. The number of likely N-dealkylation sites (N-methyl/N-ethyl adjacent to an activating group) is 1. The van der Waals surface area contributed by atoms with Gasteiger partial charge < -0.3 is 0 Å². The summed E-state index contributed by atoms with van der Waals surface area (Å²) in [6.45, 7) is 2.13. The molecule has 0 bridgehead atoms. The minimum Gasteiger partial charge on any atom is -0.207 e. The van der Waals surface area contributed by atoms with E-state index in [1.807, 2.05) is 37.3 Å². The summed E-state index contributed by atoms with van der Waals surface area (Å²) in [6, 6.07) is 12.7. The Hall–Kier alpha value is -2.32. The highest BCUT2D eigenvalue weighted by Gasteiger charge is 2.25. The van der Waals surface area contributed by atoms with Crippen LogP contribution >= 0.6 is 0 Å². The molecule has 0 fully saturated rings. The van der Waals surface area contributed by atoms with Crippen molar-refractivity contribution in [1.82, 2.24) is 24.9 Å². The van der Waals surface area contributed by atoms with Gasteiger partial charge in [-0.1, -0.05) is 48.5 Å². The third-order valence-corrected chi connectivity index (χ3v) is 5.65. The Kier molecular flexibility index (Phi) is 4.10. The maximum absolute atomic E-state index is 12.9. The first-order valence-electron chi connectivity index (χ1n) is 7.17. The largest absolute Gasteiger partial charge is 0.243 e. The van der Waals surface area contributed by atoms with E-state index in [0.29, 0.717) is 16.1 Å². The molecule has 0 aliphatic carbocycles. The number of tetrazole rings is 1. The number of nitrogens with one attached hydrogen (secondary N) is 1. The summed E-state index contributed by atoms with van der Waals surface area (Å²) in [5.74, 6) is 0.327. The van der Waals surface area contributed by atoms with Gasteiger partial charge in [-0.15, -0.1) is 10.2 Å². The van der Waals surface area contributed by atoms with E-state index in [0.717, 1.165) is 5.39 Å². The van der Waals surface area contributed by atoms with Gasteiger partial charge >= 0.3 is 0 Å². The van der Waals surface area contributed by atoms with E-state index in [-0.39, 0.29) is 12.5 Å². The smallest absolute Gasteiger partial charge is 0.207 e. The van der Waals surface area contributed by atoms with Crippen molar-refractivity contribution in [3.05, 3.63) is 48.3 Å². The lowest BCUT2D eigenvalue weighted by atomic mass is 10.1. The van der Waals surface area contributed by atoms with Gasteiger partial charge in [-0.3, -0.25) is 0 Å². The van der Waals surface area contributed by atoms with Crippen LogP contribution in [0.2, 0.25) is 0 Å². The summed E-state index contributed by atoms with van der Waals surface area (Å²) in [6.07, 6.45) is 0. The van der Waals surface area contributed by atoms with Crippen LogP contribution in [0.1, 0.15) is 18.7 Å². The molecule has 0 saturated carbocycles. The molecule has 3 rings (SSSR count). The monoisotopic (exact) mass is 331 g/mol. The Morgan fingerprint density at radius 3 is 2.65 bits per heavy atom. The average Bonchev–Trinajstić information content (AvgIpc) is 3.08. The highest BCUT2D eigenvalue weighted by molar-refractivity contribution is 7.89. The van der Waals surface area contributed by atoms with Crippen molar-refractivity contribution in [2.24, 2.45) is 0 Å². The fourth-order valence-corrected chi connectivity index (χ4v) is 4.00. The van der Waals surface area contributed by atoms with Crippen LogP contribution < -0.4 is 0 Å². The van der Waals surface area contributed by atoms with Gasteiger partial charge in [0.15, 0.2) is 5.82 Å². The molecule has 2 aromatic carbocycles. The minimum atomic E-state index is -3.60. The SMILES string of the molecule is CC(CN(C)S(=O)(=O)c1cccc2ccccc12)c1nn[nH]n1. The quantitative estimate of drug-likeness (QED) is 0.769. The molecular weight excluding hydrogens is 314 g/mol. The summed E-state index contributed by atoms with van der Waals surface area (Å²) < 4.78 is 27.2. The number of hydrogen-bond acceptors (Lipinski definition) is 5. The number of hydrogen-bond donors (Lipinski definition) is 1. The number of rotatable bonds is 5. The van der Waals surface area contributed by atoms with Gasteiger partial charge in [-0.25, -0.2) is 12.7 Å². The Balaban J connectivity index is 1.94. The fourth-order valence-electron chi connectivity index (χ4n) is 2.53. The normalized spacial score (nSPS) is 13.5. The van der Waals surface area contributed by atoms with Gasteiger partial charge in [0.25, 0.3) is 0 Å². The molecule has 8 heteroatoms. The van der Waals surface area contributed by atoms with Crippen LogP contribution in [0.5, 0.6) is 0 Å². The molecule has 0 radical (unpaired) electrons. The third kappa shape index (κ3) is 2.95. The number of aromatic nitrogens is 4. The van der Waals surface area contributed by atoms with Crippen LogP contribution in [0.3, 0.4) is 0 Å². The number of fused-ring (bicyclic) bond motifs is 1. The van der Waals surface area contributed by atoms with Crippen molar-refractivity contribution in [2.75, 3.05) is 13.6 Å². The summed E-state index contributed by atoms with van der Waals surface area (Å²) >= 11 is 0. The van der Waals surface area contributed by atoms with Crippen molar-refractivity contribution in [2.45, 2.75) is 17.7 Å². The second-order valence-electron chi connectivity index (χ2n) is 5.43. The topological polar surface area (TPSA) is 91.8 Å². The lowest BCUT2D eigenvalue weighted by Crippen LogP contribution is -2.31. The van der Waals surface area contributed by atoms with Crippen molar-refractivity contribution >= 4 is 20.8 Å². The van der Waals surface area contributed by atoms with Crippen molar-refractivity contribution in [3.63, 3.8) is 0 Å². The molecule has 3 aromatic rings. The predicted octanol–water partition coefficient (Wildman–Crippen LogP) is 1.78. The molecule has 1 unspecified atom stereocenters. The molecule has 0 amide bonds. The Bertz CT molecular complexity index is 903. The Morgan fingerprint density at radius 2 is 1.91 bits per heavy atom. The summed E-state index contributed by atoms with van der Waals surface area (Å²) in [5, 5.41) is 15.3. The molecule has 1 aromatic heterocycles. The number of nitrogens with zero attached hydrogens (tertiary/aromatic N) is 4. The number of sulfonamides is 1. The third-order valence-electron chi connectivity index (χ3n) is 3.77. The lowest BCUT2D eigenvalue weighted by molar-refractivity contribution is 0.440. The van der Waals surface area contributed by atoms with E-state index in [4.69, 9.17) is 0 Å². The summed E-state index contributed by atoms with van der Waals surface area (Å²) in [4.78, 5) is 0.304. The van der Waals surface area contributed by atoms with Gasteiger partial charge in [-0.05, 0) is 11.5 Å². The molecule has 23 heavy (non-hydrogen) atoms. The zero-order valence-corrected chi connectivity index (χ0v) is 13.7. The zero-order chi connectivity index (χ0) is 16.4. The average molecular weight is 331 g/mol. The number of benzene rings is 2. The van der Waals surface area contributed by atoms with Gasteiger partial charge in [0.1, 0.15) is 0 Å². The van der Waals surface area contributed by atoms with Gasteiger partial charge in [-0.2, -0.15) is 5.21 Å². The maximum Gasteiger partial charge on any atom is 0.243 e. The Labute approximate surface area is 134 Å². The molecule has 7 nitrogen and oxygen atoms in total. The first kappa shape index (κ1) is 15.6. The minimum absolute atomic E-state index is 0.163. The predicted molar refractivity (Wildman–Crippen MR) is 86.4 cm³/mol. The molecule has 0 aliphatic rings. The molecule has 120 valence electrons. The molecule has 0 aliphatic heterocycles. The van der Waals surface area contributed by atoms with Crippen molar-refractivity contribution in [1.29, 1.82) is 0 Å². The van der Waals surface area contributed by atoms with E-state index in [9.17, 15) is 8.42 Å². The lowest BCUT2D eigenvalue weighted by Gasteiger charge is -2.20. The highest BCUT2D eigenvalue weighted by Crippen LogP contribution is 2.26. The number of aromatic amines is 1. The van der Waals surface area contributed by atoms with Gasteiger partial charge in [0, 0.05) is 24.9 Å². The van der Waals surface area contributed by atoms with E-state index in [1.165, 1.54) is 4.31 Å². The van der Waals surface area contributed by atoms with Gasteiger partial charge in [0.2, 0.25) is 10.0 Å². The fraction of sp³-hybridized carbons (Fsp3) is 0.267. The summed E-state index contributed by atoms with van der Waals surface area (Å²) in [7, 11) is -2.04. The molecule has 0 spiro atoms. The second-order valence-corrected chi connectivity index (χ2v) is 7.45. The summed E-state index contributed by atoms with van der Waals surface area (Å²) in [5.41, 5.74) is 0. The molecule has 1 atom stereocenters. The van der Waals surface area contributed by atoms with E-state index in [2.05, 4.69) is 20.6 Å². The van der Waals surface area contributed by atoms with Crippen molar-refractivity contribution < 1.29 is 8.42 Å². The van der Waals surface area contributed by atoms with Crippen LogP contribution in [-0.4, -0.2) is 46.9 Å². The van der Waals surface area contributed by atoms with Crippen LogP contribution in [-0.2, 0) is 10.0 Å². The standard InChI is InChI=1S/C15H17N5O2S/c1-11(15-16-18-19-17-15)10-20(2)23(21,22)14-9-5-7-12-6-3-4-8-13(12)14/h3-9,11H,10H2,1-2H3,(H,16,17,18,19). The second kappa shape index (κ2) is 6.05. The van der Waals surface area contributed by atoms with Crippen LogP contribution in [0.4, 0.5) is 0 Å². The van der Waals surface area contributed by atoms with E-state index in [1.54, 1.807) is 19.2 Å². The van der Waals surface area contributed by atoms with E-state index >= 15 is 0 Å². The first-order chi connectivity index (χ1) is 11.0. The highest BCUT2D eigenvalue weighted by atomic mass is 32.2. The van der Waals surface area contributed by atoms with Gasteiger partial charge in [0.05, 0.1) is 4.90 Å². The molecule has 1 N–H and O–H groups in total. The number of H-pyrrole nitrogens is 1.